The van der Waals surface area contributed by atoms with Gasteiger partial charge in [-0.3, -0.25) is 0 Å². The van der Waals surface area contributed by atoms with Crippen LogP contribution in [0.2, 0.25) is 0 Å². The van der Waals surface area contributed by atoms with E-state index in [-0.39, 0.29) is 23.7 Å². The highest BCUT2D eigenvalue weighted by Gasteiger charge is 2.21. The summed E-state index contributed by atoms with van der Waals surface area (Å²) in [5, 5.41) is 2.48. The number of hydrogen-bond acceptors (Lipinski definition) is 5. The monoisotopic (exact) mass is 343 g/mol. The van der Waals surface area contributed by atoms with Crippen LogP contribution in [-0.2, 0) is 14.8 Å². The van der Waals surface area contributed by atoms with E-state index in [0.717, 1.165) is 5.56 Å². The maximum Gasteiger partial charge on any atom is 0.407 e. The zero-order valence-corrected chi connectivity index (χ0v) is 15.0. The lowest BCUT2D eigenvalue weighted by molar-refractivity contribution is 0.0529. The highest BCUT2D eigenvalue weighted by molar-refractivity contribution is 7.89. The predicted molar refractivity (Wildman–Crippen MR) is 89.8 cm³/mol. The van der Waals surface area contributed by atoms with Gasteiger partial charge >= 0.3 is 6.09 Å². The standard InChI is InChI=1S/C15H25N3O4S/c1-10-6-7-12(16)13(11(10)2)23(20,21)18-9-8-17-14(19)22-15(3,4)5/h6-7,18H,8-9,16H2,1-5H3,(H,17,19). The van der Waals surface area contributed by atoms with Gasteiger partial charge in [0.15, 0.2) is 0 Å². The van der Waals surface area contributed by atoms with E-state index in [4.69, 9.17) is 10.5 Å². The van der Waals surface area contributed by atoms with Crippen molar-refractivity contribution in [2.75, 3.05) is 18.8 Å². The van der Waals surface area contributed by atoms with Gasteiger partial charge in [-0.25, -0.2) is 17.9 Å². The number of nitrogens with one attached hydrogen (secondary N) is 2. The van der Waals surface area contributed by atoms with Gasteiger partial charge < -0.3 is 15.8 Å². The van der Waals surface area contributed by atoms with Gasteiger partial charge in [0.25, 0.3) is 0 Å². The van der Waals surface area contributed by atoms with Crippen molar-refractivity contribution in [3.05, 3.63) is 23.3 Å². The molecule has 0 heterocycles. The van der Waals surface area contributed by atoms with Gasteiger partial charge in [-0.05, 0) is 51.8 Å². The molecule has 0 saturated carbocycles. The molecule has 1 rings (SSSR count). The van der Waals surface area contributed by atoms with Crippen LogP contribution >= 0.6 is 0 Å². The van der Waals surface area contributed by atoms with Crippen LogP contribution in [0, 0.1) is 13.8 Å². The SMILES string of the molecule is Cc1ccc(N)c(S(=O)(=O)NCCNC(=O)OC(C)(C)C)c1C. The number of anilines is 1. The van der Waals surface area contributed by atoms with Crippen molar-refractivity contribution >= 4 is 21.8 Å². The molecule has 1 amide bonds. The van der Waals surface area contributed by atoms with Crippen LogP contribution in [0.5, 0.6) is 0 Å². The first-order valence-electron chi connectivity index (χ1n) is 7.26. The molecule has 23 heavy (non-hydrogen) atoms. The molecule has 1 aromatic carbocycles. The van der Waals surface area contributed by atoms with Crippen LogP contribution in [0.1, 0.15) is 31.9 Å². The van der Waals surface area contributed by atoms with Gasteiger partial charge in [0.1, 0.15) is 10.5 Å². The summed E-state index contributed by atoms with van der Waals surface area (Å²) in [6.45, 7) is 8.92. The molecule has 0 aromatic heterocycles. The fraction of sp³-hybridized carbons (Fsp3) is 0.533. The van der Waals surface area contributed by atoms with Gasteiger partial charge in [-0.1, -0.05) is 6.07 Å². The molecule has 1 aromatic rings. The van der Waals surface area contributed by atoms with Crippen LogP contribution in [-0.4, -0.2) is 33.2 Å². The van der Waals surface area contributed by atoms with E-state index in [1.807, 2.05) is 6.92 Å². The number of alkyl carbamates (subject to hydrolysis) is 1. The number of sulfonamides is 1. The number of amides is 1. The number of benzene rings is 1. The molecule has 0 spiro atoms. The van der Waals surface area contributed by atoms with Gasteiger partial charge in [0.2, 0.25) is 10.0 Å². The minimum Gasteiger partial charge on any atom is -0.444 e. The highest BCUT2D eigenvalue weighted by Crippen LogP contribution is 2.24. The first kappa shape index (κ1) is 19.2. The number of carbonyl (C=O) groups is 1. The number of nitrogen functional groups attached to an aromatic ring is 1. The second-order valence-corrected chi connectivity index (χ2v) is 7.96. The summed E-state index contributed by atoms with van der Waals surface area (Å²) in [5.74, 6) is 0. The Labute approximate surface area is 137 Å². The molecule has 0 radical (unpaired) electrons. The summed E-state index contributed by atoms with van der Waals surface area (Å²) in [7, 11) is -3.74. The molecule has 0 aliphatic rings. The van der Waals surface area contributed by atoms with E-state index in [0.29, 0.717) is 5.56 Å². The van der Waals surface area contributed by atoms with Gasteiger partial charge in [0, 0.05) is 13.1 Å². The quantitative estimate of drug-likeness (QED) is 0.556. The first-order valence-corrected chi connectivity index (χ1v) is 8.74. The normalized spacial score (nSPS) is 12.0. The van der Waals surface area contributed by atoms with E-state index in [1.165, 1.54) is 0 Å². The summed E-state index contributed by atoms with van der Waals surface area (Å²) >= 11 is 0. The average Bonchev–Trinajstić information content (AvgIpc) is 2.37. The summed E-state index contributed by atoms with van der Waals surface area (Å²) in [5.41, 5.74) is 6.83. The molecule has 0 bridgehead atoms. The van der Waals surface area contributed by atoms with Gasteiger partial charge in [0.05, 0.1) is 5.69 Å². The first-order chi connectivity index (χ1) is 10.4. The fourth-order valence-electron chi connectivity index (χ4n) is 1.90. The maximum absolute atomic E-state index is 12.4. The Morgan fingerprint density at radius 1 is 1.22 bits per heavy atom. The fourth-order valence-corrected chi connectivity index (χ4v) is 3.36. The number of rotatable bonds is 5. The molecule has 130 valence electrons. The van der Waals surface area contributed by atoms with Crippen LogP contribution < -0.4 is 15.8 Å². The lowest BCUT2D eigenvalue weighted by Crippen LogP contribution is -2.38. The molecule has 8 heteroatoms. The van der Waals surface area contributed by atoms with E-state index in [2.05, 4.69) is 10.0 Å². The number of nitrogens with two attached hydrogens (primary N) is 1. The number of carbonyl (C=O) groups excluding carboxylic acids is 1. The minimum absolute atomic E-state index is 0.0361. The molecule has 0 unspecified atom stereocenters. The van der Waals surface area contributed by atoms with Crippen LogP contribution in [0.15, 0.2) is 17.0 Å². The number of ether oxygens (including phenoxy) is 1. The predicted octanol–water partition coefficient (Wildman–Crippen LogP) is 1.69. The zero-order chi connectivity index (χ0) is 17.8. The summed E-state index contributed by atoms with van der Waals surface area (Å²) in [6, 6.07) is 3.34. The molecule has 0 aliphatic carbocycles. The Morgan fingerprint density at radius 3 is 2.39 bits per heavy atom. The Morgan fingerprint density at radius 2 is 1.83 bits per heavy atom. The molecular weight excluding hydrogens is 318 g/mol. The third-order valence-corrected chi connectivity index (χ3v) is 4.72. The smallest absolute Gasteiger partial charge is 0.407 e. The lowest BCUT2D eigenvalue weighted by atomic mass is 10.1. The van der Waals surface area contributed by atoms with E-state index in [1.54, 1.807) is 39.8 Å². The molecule has 0 aliphatic heterocycles. The Bertz CT molecular complexity index is 679. The highest BCUT2D eigenvalue weighted by atomic mass is 32.2. The van der Waals surface area contributed by atoms with Crippen LogP contribution in [0.4, 0.5) is 10.5 Å². The average molecular weight is 343 g/mol. The van der Waals surface area contributed by atoms with Crippen molar-refractivity contribution < 1.29 is 17.9 Å². The van der Waals surface area contributed by atoms with Crippen molar-refractivity contribution in [3.8, 4) is 0 Å². The Kier molecular flexibility index (Phi) is 6.01. The van der Waals surface area contributed by atoms with E-state index < -0.39 is 21.7 Å². The summed E-state index contributed by atoms with van der Waals surface area (Å²) in [4.78, 5) is 11.6. The molecular formula is C15H25N3O4S. The van der Waals surface area contributed by atoms with Crippen molar-refractivity contribution in [2.45, 2.75) is 45.1 Å². The topological polar surface area (TPSA) is 111 Å². The minimum atomic E-state index is -3.74. The number of hydrogen-bond donors (Lipinski definition) is 3. The molecule has 4 N–H and O–H groups in total. The van der Waals surface area contributed by atoms with Gasteiger partial charge in [-0.2, -0.15) is 0 Å². The molecule has 0 fully saturated rings. The Balaban J connectivity index is 2.65. The van der Waals surface area contributed by atoms with Crippen molar-refractivity contribution in [1.82, 2.24) is 10.0 Å². The van der Waals surface area contributed by atoms with E-state index in [9.17, 15) is 13.2 Å². The number of aryl methyl sites for hydroxylation is 1. The van der Waals surface area contributed by atoms with Gasteiger partial charge in [-0.15, -0.1) is 0 Å². The summed E-state index contributed by atoms with van der Waals surface area (Å²) in [6.07, 6.45) is -0.594. The molecule has 0 saturated heterocycles. The molecule has 0 atom stereocenters. The third-order valence-electron chi connectivity index (χ3n) is 3.06. The summed E-state index contributed by atoms with van der Waals surface area (Å²) < 4.78 is 32.2. The van der Waals surface area contributed by atoms with Crippen LogP contribution in [0.25, 0.3) is 0 Å². The van der Waals surface area contributed by atoms with E-state index >= 15 is 0 Å². The van der Waals surface area contributed by atoms with Crippen LogP contribution in [0.3, 0.4) is 0 Å². The van der Waals surface area contributed by atoms with Crippen molar-refractivity contribution in [3.63, 3.8) is 0 Å². The maximum atomic E-state index is 12.4. The largest absolute Gasteiger partial charge is 0.444 e. The third kappa shape index (κ3) is 5.72. The second-order valence-electron chi connectivity index (χ2n) is 6.25. The van der Waals surface area contributed by atoms with Crippen molar-refractivity contribution in [2.24, 2.45) is 0 Å². The van der Waals surface area contributed by atoms with Crippen molar-refractivity contribution in [1.29, 1.82) is 0 Å². The second kappa shape index (κ2) is 7.18. The molecule has 7 nitrogen and oxygen atoms in total. The lowest BCUT2D eigenvalue weighted by Gasteiger charge is -2.19. The zero-order valence-electron chi connectivity index (χ0n) is 14.2. The Hall–Kier alpha value is -1.80.